The smallest absolute Gasteiger partial charge is 0.257 e. The average molecular weight is 498 g/mol. The molecular weight excluding hydrogens is 444 g/mol. The first-order valence-corrected chi connectivity index (χ1v) is 10.1. The predicted molar refractivity (Wildman–Crippen MR) is 124 cm³/mol. The molecule has 1 aliphatic carbocycles. The summed E-state index contributed by atoms with van der Waals surface area (Å²) < 4.78 is 237. The fraction of sp³-hybridized carbons (Fsp3) is 0.417. The molecule has 0 saturated heterocycles. The number of carbonyl (C=O) groups excluding carboxylic acids is 2. The lowest BCUT2D eigenvalue weighted by Gasteiger charge is -2.28. The first kappa shape index (κ1) is 7.46. The van der Waals surface area contributed by atoms with Crippen molar-refractivity contribution in [3.63, 3.8) is 0 Å². The van der Waals surface area contributed by atoms with E-state index in [-0.39, 0.29) is 4.90 Å². The molecule has 1 unspecified atom stereocenters. The van der Waals surface area contributed by atoms with E-state index in [4.69, 9.17) is 37.6 Å². The fourth-order valence-corrected chi connectivity index (χ4v) is 3.29. The van der Waals surface area contributed by atoms with E-state index in [9.17, 15) is 19.4 Å². The van der Waals surface area contributed by atoms with Gasteiger partial charge in [0, 0.05) is 36.4 Å². The zero-order chi connectivity index (χ0) is 45.5. The number of benzene rings is 2. The normalized spacial score (nSPS) is 34.4. The fourth-order valence-electron chi connectivity index (χ4n) is 2.82. The molecule has 0 aromatic heterocycles. The van der Waals surface area contributed by atoms with Gasteiger partial charge < -0.3 is 19.7 Å². The number of sulfone groups is 1. The van der Waals surface area contributed by atoms with E-state index in [2.05, 4.69) is 4.74 Å². The van der Waals surface area contributed by atoms with Crippen LogP contribution in [0.25, 0.3) is 0 Å². The van der Waals surface area contributed by atoms with Crippen molar-refractivity contribution in [2.24, 2.45) is 5.89 Å². The highest BCUT2D eigenvalue weighted by molar-refractivity contribution is 7.90. The van der Waals surface area contributed by atoms with Gasteiger partial charge in [0.25, 0.3) is 5.91 Å². The van der Waals surface area contributed by atoms with Gasteiger partial charge in [-0.3, -0.25) is 9.59 Å². The van der Waals surface area contributed by atoms with Crippen LogP contribution >= 0.6 is 0 Å². The highest BCUT2D eigenvalue weighted by Gasteiger charge is 2.38. The Balaban J connectivity index is 2.17. The number of anilines is 1. The standard InChI is InChI=1S/C24H28N2O6S/c1-4-32-21-12-16(10-11-20(21)31-2)19(14-33(3,29)30)26-13-17-6-5-7-18(22(17)24(26)28)25-23(27)15-8-9-15/h5-7,10-12,15,19H,4,8-9,13-14H2,1-3H3,(H,25,27)/i1D3,2D3,3D3,4D2,5D,6D,7D,8D2,9D2,10D,11D,12D,14D2,15D,19D. The van der Waals surface area contributed by atoms with Gasteiger partial charge >= 0.3 is 0 Å². The molecule has 8 nitrogen and oxygen atoms in total. The molecule has 1 N–H and O–H groups in total. The molecule has 2 aliphatic rings. The van der Waals surface area contributed by atoms with Crippen LogP contribution in [-0.2, 0) is 21.2 Å². The molecule has 1 heterocycles. The van der Waals surface area contributed by atoms with Crippen LogP contribution in [0, 0.1) is 5.89 Å². The molecule has 2 amide bonds. The molecule has 0 bridgehead atoms. The first-order chi connectivity index (χ1) is 25.6. The van der Waals surface area contributed by atoms with E-state index < -0.39 is 155 Å². The number of fused-ring (bicyclic) bond motifs is 1. The molecule has 33 heavy (non-hydrogen) atoms. The van der Waals surface area contributed by atoms with Gasteiger partial charge in [0.15, 0.2) is 11.5 Å². The summed E-state index contributed by atoms with van der Waals surface area (Å²) in [6.45, 7) is -9.39. The molecule has 2 aromatic carbocycles. The Bertz CT molecular complexity index is 2220. The monoisotopic (exact) mass is 497 g/mol. The minimum Gasteiger partial charge on any atom is -0.493 e. The van der Waals surface area contributed by atoms with Crippen LogP contribution < -0.4 is 14.8 Å². The Hall–Kier alpha value is -3.07. The number of carbonyl (C=O) groups is 2. The summed E-state index contributed by atoms with van der Waals surface area (Å²) in [4.78, 5) is 27.4. The average Bonchev–Trinajstić information content (AvgIpc) is 3.24. The lowest BCUT2D eigenvalue weighted by Crippen LogP contribution is -2.34. The van der Waals surface area contributed by atoms with Crippen LogP contribution in [0.3, 0.4) is 0 Å². The number of hydrogen-bond acceptors (Lipinski definition) is 6. The highest BCUT2D eigenvalue weighted by atomic mass is 32.2. The van der Waals surface area contributed by atoms with Crippen LogP contribution in [0.4, 0.5) is 5.69 Å². The minimum absolute atomic E-state index is 0.309. The lowest BCUT2D eigenvalue weighted by atomic mass is 10.1. The molecule has 176 valence electrons. The summed E-state index contributed by atoms with van der Waals surface area (Å²) >= 11 is 0. The first-order valence-electron chi connectivity index (χ1n) is 21.1. The zero-order valence-corrected chi connectivity index (χ0v) is 16.8. The van der Waals surface area contributed by atoms with Crippen molar-refractivity contribution in [3.8, 4) is 11.5 Å². The number of amides is 2. The Morgan fingerprint density at radius 2 is 2.27 bits per heavy atom. The molecule has 9 heteroatoms. The maximum Gasteiger partial charge on any atom is 0.257 e. The van der Waals surface area contributed by atoms with Gasteiger partial charge in [-0.05, 0) is 48.9 Å². The maximum absolute atomic E-state index is 14.5. The van der Waals surface area contributed by atoms with E-state index in [0.717, 1.165) is 0 Å². The highest BCUT2D eigenvalue weighted by Crippen LogP contribution is 2.39. The summed E-state index contributed by atoms with van der Waals surface area (Å²) in [7, 11) is -10.3. The van der Waals surface area contributed by atoms with Crippen LogP contribution in [0.1, 0.15) is 81.4 Å². The summed E-state index contributed by atoms with van der Waals surface area (Å²) in [6, 6.07) is -13.5. The van der Waals surface area contributed by atoms with Crippen LogP contribution in [0.2, 0.25) is 0 Å². The Morgan fingerprint density at radius 1 is 1.42 bits per heavy atom. The lowest BCUT2D eigenvalue weighted by molar-refractivity contribution is -0.117. The molecule has 4 rings (SSSR count). The molecule has 1 atom stereocenters. The van der Waals surface area contributed by atoms with E-state index in [1.807, 2.05) is 0 Å². The van der Waals surface area contributed by atoms with Crippen LogP contribution in [0.15, 0.2) is 36.3 Å². The quantitative estimate of drug-likeness (QED) is 0.571. The van der Waals surface area contributed by atoms with E-state index in [1.54, 1.807) is 5.32 Å². The van der Waals surface area contributed by atoms with Crippen molar-refractivity contribution in [2.45, 2.75) is 32.2 Å². The SMILES string of the molecule is [2H]c1c([2H])c2c(c(NC(=O)C3([2H])C([2H])([2H])C3([2H])[2H])c1[2H])C(=O)N(C([2H])(c1c([2H])c([2H])c(OC([2H])([2H])[2H])c(OC([2H])([2H])C([2H])([2H])[2H])c1[2H])C([2H])([2H])S(=O)(=O)C([2H])([2H])[2H])C2. The van der Waals surface area contributed by atoms with Gasteiger partial charge in [-0.15, -0.1) is 0 Å². The van der Waals surface area contributed by atoms with Crippen molar-refractivity contribution in [2.75, 3.05) is 30.8 Å². The third kappa shape index (κ3) is 4.98. The van der Waals surface area contributed by atoms with Gasteiger partial charge in [-0.1, -0.05) is 18.1 Å². The largest absolute Gasteiger partial charge is 0.493 e. The molecule has 0 spiro atoms. The zero-order valence-electron chi connectivity index (χ0n) is 41.0. The van der Waals surface area contributed by atoms with Gasteiger partial charge in [0.2, 0.25) is 5.91 Å². The van der Waals surface area contributed by atoms with Crippen molar-refractivity contribution in [1.29, 1.82) is 0 Å². The molecule has 1 saturated carbocycles. The second-order valence-corrected chi connectivity index (χ2v) is 7.45. The number of methoxy groups -OCH3 is 1. The van der Waals surface area contributed by atoms with Crippen molar-refractivity contribution in [3.05, 3.63) is 52.9 Å². The molecule has 1 fully saturated rings. The summed E-state index contributed by atoms with van der Waals surface area (Å²) in [5, 5.41) is 1.74. The topological polar surface area (TPSA) is 102 Å². The summed E-state index contributed by atoms with van der Waals surface area (Å²) in [6.07, 6.45) is -10.9. The van der Waals surface area contributed by atoms with Crippen molar-refractivity contribution >= 4 is 27.3 Å². The summed E-state index contributed by atoms with van der Waals surface area (Å²) in [5.41, 5.74) is -10.1. The number of nitrogens with one attached hydrogen (secondary N) is 1. The summed E-state index contributed by atoms with van der Waals surface area (Å²) in [5.74, 6) is -10.6. The minimum atomic E-state index is -6.58. The predicted octanol–water partition coefficient (Wildman–Crippen LogP) is 3.18. The van der Waals surface area contributed by atoms with Crippen molar-refractivity contribution < 1.29 is 61.7 Å². The maximum atomic E-state index is 14.5. The molecule has 0 radical (unpaired) electrons. The van der Waals surface area contributed by atoms with E-state index in [1.165, 1.54) is 0 Å². The van der Waals surface area contributed by atoms with E-state index in [0.29, 0.717) is 0 Å². The number of ether oxygens (including phenoxy) is 2. The molecule has 2 aromatic rings. The van der Waals surface area contributed by atoms with Crippen LogP contribution in [-0.4, -0.2) is 50.6 Å². The molecular formula is C24H28N2O6S. The van der Waals surface area contributed by atoms with Gasteiger partial charge in [0.05, 0.1) is 53.0 Å². The third-order valence-corrected chi connectivity index (χ3v) is 4.64. The Kier molecular flexibility index (Phi) is 2.05. The Morgan fingerprint density at radius 3 is 3.00 bits per heavy atom. The third-order valence-electron chi connectivity index (χ3n) is 4.18. The number of rotatable bonds is 9. The number of nitrogens with zero attached hydrogens (tertiary/aromatic N) is 1. The number of hydrogen-bond donors (Lipinski definition) is 1. The van der Waals surface area contributed by atoms with Crippen molar-refractivity contribution in [1.82, 2.24) is 4.90 Å². The van der Waals surface area contributed by atoms with Gasteiger partial charge in [-0.25, -0.2) is 8.42 Å². The van der Waals surface area contributed by atoms with Gasteiger partial charge in [0.1, 0.15) is 9.84 Å². The molecule has 1 aliphatic heterocycles. The Labute approximate surface area is 228 Å². The second kappa shape index (κ2) is 9.05. The van der Waals surface area contributed by atoms with Crippen LogP contribution in [0.5, 0.6) is 11.5 Å². The van der Waals surface area contributed by atoms with Gasteiger partial charge in [-0.2, -0.15) is 0 Å². The second-order valence-electron chi connectivity index (χ2n) is 6.24. The van der Waals surface area contributed by atoms with E-state index >= 15 is 0 Å².